The van der Waals surface area contributed by atoms with Gasteiger partial charge in [0.15, 0.2) is 6.10 Å². The fourth-order valence-electron chi connectivity index (χ4n) is 2.39. The van der Waals surface area contributed by atoms with Gasteiger partial charge in [0.1, 0.15) is 0 Å². The summed E-state index contributed by atoms with van der Waals surface area (Å²) in [6.45, 7) is 9.85. The second-order valence-corrected chi connectivity index (χ2v) is 6.91. The van der Waals surface area contributed by atoms with E-state index in [1.807, 2.05) is 58.0 Å². The molecule has 144 valence electrons. The molecular formula is C22H27NO4. The van der Waals surface area contributed by atoms with Gasteiger partial charge in [-0.25, -0.2) is 4.79 Å². The van der Waals surface area contributed by atoms with E-state index in [0.29, 0.717) is 12.2 Å². The van der Waals surface area contributed by atoms with Crippen LogP contribution in [0.15, 0.2) is 42.5 Å². The molecule has 2 aromatic rings. The lowest BCUT2D eigenvalue weighted by Gasteiger charge is -2.15. The fraction of sp³-hybridized carbons (Fsp3) is 0.364. The summed E-state index contributed by atoms with van der Waals surface area (Å²) in [7, 11) is 0. The van der Waals surface area contributed by atoms with Crippen molar-refractivity contribution in [1.82, 2.24) is 0 Å². The average molecular weight is 369 g/mol. The summed E-state index contributed by atoms with van der Waals surface area (Å²) in [4.78, 5) is 24.6. The van der Waals surface area contributed by atoms with Gasteiger partial charge in [0.2, 0.25) is 0 Å². The summed E-state index contributed by atoms with van der Waals surface area (Å²) in [5.74, 6) is -0.894. The maximum Gasteiger partial charge on any atom is 0.338 e. The van der Waals surface area contributed by atoms with Gasteiger partial charge >= 0.3 is 5.97 Å². The number of hydrogen-bond acceptors (Lipinski definition) is 4. The number of rotatable bonds is 7. The molecule has 2 aromatic carbocycles. The van der Waals surface area contributed by atoms with Crippen molar-refractivity contribution in [2.45, 2.75) is 53.4 Å². The highest BCUT2D eigenvalue weighted by Crippen LogP contribution is 2.17. The third kappa shape index (κ3) is 6.22. The summed E-state index contributed by atoms with van der Waals surface area (Å²) in [6, 6.07) is 12.8. The summed E-state index contributed by atoms with van der Waals surface area (Å²) in [6.07, 6.45) is -0.757. The van der Waals surface area contributed by atoms with E-state index < -0.39 is 12.1 Å². The van der Waals surface area contributed by atoms with Crippen LogP contribution >= 0.6 is 0 Å². The summed E-state index contributed by atoms with van der Waals surface area (Å²) >= 11 is 0. The minimum Gasteiger partial charge on any atom is -0.449 e. The number of benzene rings is 2. The van der Waals surface area contributed by atoms with Gasteiger partial charge in [-0.1, -0.05) is 24.3 Å². The number of carbonyl (C=O) groups is 2. The Balaban J connectivity index is 1.94. The van der Waals surface area contributed by atoms with Gasteiger partial charge in [-0.15, -0.1) is 0 Å². The zero-order valence-electron chi connectivity index (χ0n) is 16.5. The lowest BCUT2D eigenvalue weighted by Crippen LogP contribution is -2.30. The number of anilines is 1. The van der Waals surface area contributed by atoms with E-state index in [1.54, 1.807) is 19.1 Å². The lowest BCUT2D eigenvalue weighted by molar-refractivity contribution is -0.123. The number of esters is 1. The van der Waals surface area contributed by atoms with Crippen molar-refractivity contribution < 1.29 is 19.1 Å². The molecule has 0 aliphatic carbocycles. The quantitative estimate of drug-likeness (QED) is 0.734. The molecule has 0 radical (unpaired) electrons. The smallest absolute Gasteiger partial charge is 0.338 e. The van der Waals surface area contributed by atoms with Crippen LogP contribution in [0.3, 0.4) is 0 Å². The molecule has 0 saturated carbocycles. The molecule has 0 bridgehead atoms. The molecule has 1 N–H and O–H groups in total. The van der Waals surface area contributed by atoms with Crippen LogP contribution < -0.4 is 5.32 Å². The van der Waals surface area contributed by atoms with E-state index >= 15 is 0 Å². The van der Waals surface area contributed by atoms with Crippen LogP contribution in [0.25, 0.3) is 0 Å². The Labute approximate surface area is 160 Å². The Morgan fingerprint density at radius 2 is 1.67 bits per heavy atom. The molecule has 5 heteroatoms. The van der Waals surface area contributed by atoms with Crippen LogP contribution in [0.1, 0.15) is 47.8 Å². The Bertz CT molecular complexity index is 796. The predicted molar refractivity (Wildman–Crippen MR) is 106 cm³/mol. The van der Waals surface area contributed by atoms with Gasteiger partial charge in [0.25, 0.3) is 5.91 Å². The second-order valence-electron chi connectivity index (χ2n) is 6.91. The first-order valence-corrected chi connectivity index (χ1v) is 9.06. The first kappa shape index (κ1) is 20.6. The number of nitrogens with one attached hydrogen (secondary N) is 1. The number of carbonyl (C=O) groups excluding carboxylic acids is 2. The van der Waals surface area contributed by atoms with E-state index in [4.69, 9.17) is 9.47 Å². The first-order chi connectivity index (χ1) is 12.8. The molecule has 0 aliphatic heterocycles. The molecule has 0 heterocycles. The van der Waals surface area contributed by atoms with Crippen molar-refractivity contribution in [2.24, 2.45) is 0 Å². The molecule has 0 spiro atoms. The van der Waals surface area contributed by atoms with Crippen molar-refractivity contribution in [3.8, 4) is 0 Å². The van der Waals surface area contributed by atoms with Gasteiger partial charge < -0.3 is 14.8 Å². The van der Waals surface area contributed by atoms with Crippen molar-refractivity contribution in [3.63, 3.8) is 0 Å². The highest BCUT2D eigenvalue weighted by molar-refractivity contribution is 5.97. The van der Waals surface area contributed by atoms with Gasteiger partial charge in [0, 0.05) is 5.69 Å². The Hall–Kier alpha value is -2.66. The largest absolute Gasteiger partial charge is 0.449 e. The molecule has 5 nitrogen and oxygen atoms in total. The SMILES string of the molecule is Cc1ccc(C)c(NC(=O)[C@@H](C)OC(=O)c2ccc(COC(C)C)cc2)c1. The van der Waals surface area contributed by atoms with Crippen LogP contribution in [0.2, 0.25) is 0 Å². The second kappa shape index (κ2) is 9.33. The Kier molecular flexibility index (Phi) is 7.13. The number of ether oxygens (including phenoxy) is 2. The van der Waals surface area contributed by atoms with E-state index in [-0.39, 0.29) is 12.0 Å². The number of amides is 1. The van der Waals surface area contributed by atoms with Crippen LogP contribution in [-0.4, -0.2) is 24.1 Å². The standard InChI is InChI=1S/C22H27NO4/c1-14(2)26-13-18-8-10-19(11-9-18)22(25)27-17(5)21(24)23-20-12-15(3)6-7-16(20)4/h6-12,14,17H,13H2,1-5H3,(H,23,24)/t17-/m1/s1. The van der Waals surface area contributed by atoms with Crippen molar-refractivity contribution in [1.29, 1.82) is 0 Å². The van der Waals surface area contributed by atoms with Gasteiger partial charge in [0.05, 0.1) is 18.3 Å². The molecule has 0 saturated heterocycles. The predicted octanol–water partition coefficient (Wildman–Crippen LogP) is 4.41. The monoisotopic (exact) mass is 369 g/mol. The molecule has 0 fully saturated rings. The van der Waals surface area contributed by atoms with E-state index in [0.717, 1.165) is 22.4 Å². The minimum atomic E-state index is -0.902. The molecular weight excluding hydrogens is 342 g/mol. The summed E-state index contributed by atoms with van der Waals surface area (Å²) in [5, 5.41) is 2.81. The van der Waals surface area contributed by atoms with Crippen LogP contribution in [0.4, 0.5) is 5.69 Å². The molecule has 2 rings (SSSR count). The van der Waals surface area contributed by atoms with Crippen LogP contribution in [0.5, 0.6) is 0 Å². The molecule has 0 aromatic heterocycles. The fourth-order valence-corrected chi connectivity index (χ4v) is 2.39. The van der Waals surface area contributed by atoms with Crippen molar-refractivity contribution in [3.05, 3.63) is 64.7 Å². The molecule has 1 atom stereocenters. The Morgan fingerprint density at radius 1 is 1.00 bits per heavy atom. The number of hydrogen-bond donors (Lipinski definition) is 1. The maximum absolute atomic E-state index is 12.3. The van der Waals surface area contributed by atoms with Gasteiger partial charge in [-0.3, -0.25) is 4.79 Å². The summed E-state index contributed by atoms with van der Waals surface area (Å²) in [5.41, 5.74) is 4.09. The lowest BCUT2D eigenvalue weighted by atomic mass is 10.1. The third-order valence-corrected chi connectivity index (χ3v) is 4.08. The highest BCUT2D eigenvalue weighted by Gasteiger charge is 2.19. The summed E-state index contributed by atoms with van der Waals surface area (Å²) < 4.78 is 10.8. The normalized spacial score (nSPS) is 11.9. The van der Waals surface area contributed by atoms with Gasteiger partial charge in [-0.05, 0) is 69.5 Å². The third-order valence-electron chi connectivity index (χ3n) is 4.08. The van der Waals surface area contributed by atoms with E-state index in [1.165, 1.54) is 0 Å². The maximum atomic E-state index is 12.3. The zero-order valence-corrected chi connectivity index (χ0v) is 16.5. The van der Waals surface area contributed by atoms with Gasteiger partial charge in [-0.2, -0.15) is 0 Å². The van der Waals surface area contributed by atoms with E-state index in [9.17, 15) is 9.59 Å². The first-order valence-electron chi connectivity index (χ1n) is 9.06. The molecule has 0 unspecified atom stereocenters. The highest BCUT2D eigenvalue weighted by atomic mass is 16.5. The topological polar surface area (TPSA) is 64.6 Å². The number of aryl methyl sites for hydroxylation is 2. The molecule has 1 amide bonds. The average Bonchev–Trinajstić information content (AvgIpc) is 2.63. The van der Waals surface area contributed by atoms with E-state index in [2.05, 4.69) is 5.32 Å². The van der Waals surface area contributed by atoms with Crippen LogP contribution in [-0.2, 0) is 20.9 Å². The van der Waals surface area contributed by atoms with Crippen molar-refractivity contribution in [2.75, 3.05) is 5.32 Å². The van der Waals surface area contributed by atoms with Crippen molar-refractivity contribution >= 4 is 17.6 Å². The van der Waals surface area contributed by atoms with Crippen LogP contribution in [0, 0.1) is 13.8 Å². The minimum absolute atomic E-state index is 0.144. The Morgan fingerprint density at radius 3 is 2.30 bits per heavy atom. The zero-order chi connectivity index (χ0) is 20.0. The molecule has 27 heavy (non-hydrogen) atoms. The molecule has 0 aliphatic rings.